The van der Waals surface area contributed by atoms with E-state index in [0.29, 0.717) is 0 Å². The molecule has 1 atom stereocenters. The summed E-state index contributed by atoms with van der Waals surface area (Å²) >= 11 is 0. The van der Waals surface area contributed by atoms with Gasteiger partial charge in [-0.05, 0) is 12.1 Å². The van der Waals surface area contributed by atoms with Crippen molar-refractivity contribution in [1.82, 2.24) is 0 Å². The zero-order chi connectivity index (χ0) is 14.0. The molecule has 4 nitrogen and oxygen atoms in total. The maximum absolute atomic E-state index is 12.3. The second-order valence-corrected chi connectivity index (χ2v) is 5.28. The molecule has 0 aliphatic heterocycles. The van der Waals surface area contributed by atoms with Gasteiger partial charge in [0.2, 0.25) is 9.84 Å². The van der Waals surface area contributed by atoms with E-state index in [-0.39, 0.29) is 11.1 Å². The molecule has 0 amide bonds. The highest BCUT2D eigenvalue weighted by molar-refractivity contribution is 7.95. The zero-order valence-electron chi connectivity index (χ0n) is 8.92. The number of rotatable bonds is 3. The summed E-state index contributed by atoms with van der Waals surface area (Å²) in [6, 6.07) is 6.43. The van der Waals surface area contributed by atoms with E-state index >= 15 is 0 Å². The number of alkyl halides is 3. The normalized spacial score (nSPS) is 15.4. The van der Waals surface area contributed by atoms with Gasteiger partial charge < -0.3 is 10.8 Å². The number of nitrogens with two attached hydrogens (primary N) is 1. The Morgan fingerprint density at radius 2 is 1.78 bits per heavy atom. The number of aliphatic hydroxyl groups excluding tert-OH is 1. The molecule has 1 aromatic rings. The van der Waals surface area contributed by atoms with Crippen LogP contribution in [0.1, 0.15) is 0 Å². The van der Waals surface area contributed by atoms with Crippen molar-refractivity contribution < 1.29 is 26.7 Å². The number of halogens is 3. The molecule has 1 unspecified atom stereocenters. The third-order valence-electron chi connectivity index (χ3n) is 2.11. The van der Waals surface area contributed by atoms with Crippen LogP contribution in [0.2, 0.25) is 0 Å². The van der Waals surface area contributed by atoms with Gasteiger partial charge in [0.25, 0.3) is 0 Å². The Balaban J connectivity index is 3.28. The lowest BCUT2D eigenvalue weighted by molar-refractivity contribution is -0.189. The van der Waals surface area contributed by atoms with E-state index in [1.54, 1.807) is 0 Å². The van der Waals surface area contributed by atoms with Gasteiger partial charge in [-0.3, -0.25) is 0 Å². The first-order valence-corrected chi connectivity index (χ1v) is 6.16. The zero-order valence-corrected chi connectivity index (χ0v) is 9.74. The first kappa shape index (κ1) is 14.5. The van der Waals surface area contributed by atoms with Crippen molar-refractivity contribution >= 4 is 9.84 Å². The molecule has 0 fully saturated rings. The molecule has 0 aromatic heterocycles. The van der Waals surface area contributed by atoms with Gasteiger partial charge in [-0.15, -0.1) is 0 Å². The molecule has 100 valence electrons. The lowest BCUT2D eigenvalue weighted by Crippen LogP contribution is -2.34. The molecule has 1 rings (SSSR count). The van der Waals surface area contributed by atoms with E-state index in [0.717, 1.165) is 12.1 Å². The molecule has 0 spiro atoms. The molecule has 8 heteroatoms. The molecule has 0 radical (unpaired) electrons. The van der Waals surface area contributed by atoms with E-state index in [4.69, 9.17) is 10.8 Å². The minimum atomic E-state index is -5.10. The van der Waals surface area contributed by atoms with Crippen molar-refractivity contribution in [1.29, 1.82) is 0 Å². The van der Waals surface area contributed by atoms with Gasteiger partial charge in [0.05, 0.1) is 4.90 Å². The average molecular weight is 281 g/mol. The average Bonchev–Trinajstić information content (AvgIpc) is 2.29. The highest BCUT2D eigenvalue weighted by atomic mass is 32.2. The molecule has 0 aliphatic rings. The van der Waals surface area contributed by atoms with Gasteiger partial charge in [-0.1, -0.05) is 18.2 Å². The monoisotopic (exact) mass is 281 g/mol. The molecular weight excluding hydrogens is 271 g/mol. The topological polar surface area (TPSA) is 80.4 Å². The highest BCUT2D eigenvalue weighted by Crippen LogP contribution is 2.30. The predicted molar refractivity (Wildman–Crippen MR) is 58.0 cm³/mol. The summed E-state index contributed by atoms with van der Waals surface area (Å²) in [7, 11) is -4.47. The molecule has 18 heavy (non-hydrogen) atoms. The van der Waals surface area contributed by atoms with Crippen molar-refractivity contribution in [3.05, 3.63) is 41.4 Å². The minimum Gasteiger partial charge on any atom is -0.404 e. The fourth-order valence-electron chi connectivity index (χ4n) is 1.22. The van der Waals surface area contributed by atoms with Crippen molar-refractivity contribution in [3.8, 4) is 0 Å². The highest BCUT2D eigenvalue weighted by Gasteiger charge is 2.45. The van der Waals surface area contributed by atoms with Gasteiger partial charge in [-0.2, -0.15) is 13.2 Å². The Hall–Kier alpha value is -1.54. The number of benzene rings is 1. The second kappa shape index (κ2) is 4.99. The van der Waals surface area contributed by atoms with Crippen LogP contribution in [-0.4, -0.2) is 25.8 Å². The van der Waals surface area contributed by atoms with Crippen molar-refractivity contribution in [2.24, 2.45) is 5.73 Å². The first-order chi connectivity index (χ1) is 8.21. The molecule has 3 N–H and O–H groups in total. The maximum atomic E-state index is 12.3. The molecule has 0 aliphatic carbocycles. The van der Waals surface area contributed by atoms with Crippen LogP contribution in [0.3, 0.4) is 0 Å². The summed E-state index contributed by atoms with van der Waals surface area (Å²) in [6.45, 7) is 0. The van der Waals surface area contributed by atoms with Crippen LogP contribution in [-0.2, 0) is 9.84 Å². The smallest absolute Gasteiger partial charge is 0.404 e. The lowest BCUT2D eigenvalue weighted by Gasteiger charge is -2.17. The van der Waals surface area contributed by atoms with Crippen LogP contribution in [0, 0.1) is 0 Å². The van der Waals surface area contributed by atoms with Crippen molar-refractivity contribution in [2.75, 3.05) is 0 Å². The maximum Gasteiger partial charge on any atom is 0.419 e. The summed E-state index contributed by atoms with van der Waals surface area (Å²) in [5, 5.41) is 8.99. The summed E-state index contributed by atoms with van der Waals surface area (Å²) in [5.41, 5.74) is 4.89. The van der Waals surface area contributed by atoms with E-state index in [9.17, 15) is 21.6 Å². The molecule has 1 aromatic carbocycles. The van der Waals surface area contributed by atoms with Crippen LogP contribution in [0.4, 0.5) is 13.2 Å². The molecular formula is C10H10F3NO3S. The number of hydrogen-bond donors (Lipinski definition) is 2. The molecule has 0 saturated heterocycles. The fourth-order valence-corrected chi connectivity index (χ4v) is 2.62. The lowest BCUT2D eigenvalue weighted by atomic mass is 10.3. The van der Waals surface area contributed by atoms with Crippen LogP contribution < -0.4 is 5.73 Å². The van der Waals surface area contributed by atoms with Gasteiger partial charge in [0.1, 0.15) is 4.91 Å². The Kier molecular flexibility index (Phi) is 4.02. The predicted octanol–water partition coefficient (Wildman–Crippen LogP) is 1.18. The Morgan fingerprint density at radius 3 is 2.17 bits per heavy atom. The third kappa shape index (κ3) is 2.82. The Labute approximate surface area is 101 Å². The van der Waals surface area contributed by atoms with E-state index in [1.807, 2.05) is 0 Å². The summed E-state index contributed by atoms with van der Waals surface area (Å²) in [5.74, 6) is 0. The van der Waals surface area contributed by atoms with Crippen LogP contribution in [0.25, 0.3) is 0 Å². The van der Waals surface area contributed by atoms with Gasteiger partial charge in [0, 0.05) is 6.20 Å². The molecule has 0 bridgehead atoms. The Bertz CT molecular complexity index is 537. The number of aliphatic hydroxyl groups is 1. The van der Waals surface area contributed by atoms with E-state index < -0.39 is 27.0 Å². The van der Waals surface area contributed by atoms with E-state index in [1.165, 1.54) is 18.2 Å². The largest absolute Gasteiger partial charge is 0.419 e. The van der Waals surface area contributed by atoms with Crippen LogP contribution >= 0.6 is 0 Å². The number of hydrogen-bond acceptors (Lipinski definition) is 4. The molecule has 0 saturated carbocycles. The van der Waals surface area contributed by atoms with Crippen LogP contribution in [0.15, 0.2) is 46.3 Å². The van der Waals surface area contributed by atoms with Crippen LogP contribution in [0.5, 0.6) is 0 Å². The van der Waals surface area contributed by atoms with E-state index in [2.05, 4.69) is 0 Å². The third-order valence-corrected chi connectivity index (χ3v) is 3.98. The Morgan fingerprint density at radius 1 is 1.28 bits per heavy atom. The van der Waals surface area contributed by atoms with Crippen molar-refractivity contribution in [2.45, 2.75) is 17.2 Å². The molecule has 0 heterocycles. The summed E-state index contributed by atoms with van der Waals surface area (Å²) in [6.07, 6.45) is -8.00. The number of sulfone groups is 1. The van der Waals surface area contributed by atoms with Crippen molar-refractivity contribution in [3.63, 3.8) is 0 Å². The van der Waals surface area contributed by atoms with Gasteiger partial charge in [-0.25, -0.2) is 8.42 Å². The first-order valence-electron chi connectivity index (χ1n) is 4.68. The quantitative estimate of drug-likeness (QED) is 0.872. The standard InChI is InChI=1S/C10H10F3NO3S/c11-10(12,13)9(15)8(6-14)18(16,17)7-4-2-1-3-5-7/h1-6,9,15H,14H2/b8-6+. The fraction of sp³-hybridized carbons (Fsp3) is 0.200. The minimum absolute atomic E-state index is 0.250. The van der Waals surface area contributed by atoms with Gasteiger partial charge >= 0.3 is 6.18 Å². The summed E-state index contributed by atoms with van der Waals surface area (Å²) < 4.78 is 60.7. The summed E-state index contributed by atoms with van der Waals surface area (Å²) in [4.78, 5) is -1.66. The SMILES string of the molecule is N/C=C(\C(O)C(F)(F)F)S(=O)(=O)c1ccccc1. The van der Waals surface area contributed by atoms with Gasteiger partial charge in [0.15, 0.2) is 6.10 Å². The second-order valence-electron chi connectivity index (χ2n) is 3.33.